The van der Waals surface area contributed by atoms with Crippen LogP contribution in [0.3, 0.4) is 0 Å². The van der Waals surface area contributed by atoms with Crippen LogP contribution in [0.15, 0.2) is 59.6 Å². The van der Waals surface area contributed by atoms with Crippen molar-refractivity contribution in [3.05, 3.63) is 76.4 Å². The van der Waals surface area contributed by atoms with E-state index in [1.54, 1.807) is 39.0 Å². The molecule has 3 heterocycles. The number of carbonyl (C=O) groups excluding carboxylic acids is 1. The van der Waals surface area contributed by atoms with Crippen LogP contribution in [-0.2, 0) is 21.3 Å². The molecule has 0 unspecified atom stereocenters. The Kier molecular flexibility index (Phi) is 7.55. The fourth-order valence-corrected chi connectivity index (χ4v) is 5.33. The molecule has 9 nitrogen and oxygen atoms in total. The summed E-state index contributed by atoms with van der Waals surface area (Å²) < 4.78 is 47.4. The van der Waals surface area contributed by atoms with Gasteiger partial charge in [0.15, 0.2) is 10.8 Å². The van der Waals surface area contributed by atoms with Crippen molar-refractivity contribution in [2.75, 3.05) is 12.4 Å². The summed E-state index contributed by atoms with van der Waals surface area (Å²) in [4.78, 5) is 22.1. The van der Waals surface area contributed by atoms with Gasteiger partial charge in [-0.1, -0.05) is 29.3 Å². The average molecular weight is 580 g/mol. The van der Waals surface area contributed by atoms with Crippen molar-refractivity contribution in [3.63, 3.8) is 0 Å². The Morgan fingerprint density at radius 1 is 1.13 bits per heavy atom. The number of ether oxygens (including phenoxy) is 1. The van der Waals surface area contributed by atoms with E-state index in [2.05, 4.69) is 15.3 Å². The zero-order valence-electron chi connectivity index (χ0n) is 20.9. The minimum Gasteiger partial charge on any atom is -0.444 e. The van der Waals surface area contributed by atoms with Gasteiger partial charge < -0.3 is 15.0 Å². The number of hydrogen-bond acceptors (Lipinski definition) is 7. The van der Waals surface area contributed by atoms with Crippen LogP contribution in [-0.4, -0.2) is 46.0 Å². The lowest BCUT2D eigenvalue weighted by Crippen LogP contribution is -2.33. The van der Waals surface area contributed by atoms with E-state index < -0.39 is 27.5 Å². The lowest BCUT2D eigenvalue weighted by molar-refractivity contribution is 0.0286. The van der Waals surface area contributed by atoms with Crippen LogP contribution in [0, 0.1) is 5.82 Å². The summed E-state index contributed by atoms with van der Waals surface area (Å²) in [5.41, 5.74) is 0.238. The molecule has 1 amide bonds. The van der Waals surface area contributed by atoms with Crippen LogP contribution in [0.2, 0.25) is 10.3 Å². The third kappa shape index (κ3) is 6.01. The summed E-state index contributed by atoms with van der Waals surface area (Å²) in [5.74, 6) is -0.433. The van der Waals surface area contributed by atoms with Gasteiger partial charge in [-0.2, -0.15) is 0 Å². The number of nitrogens with one attached hydrogen (secondary N) is 1. The molecule has 0 aliphatic carbocycles. The first-order chi connectivity index (χ1) is 17.7. The summed E-state index contributed by atoms with van der Waals surface area (Å²) in [7, 11) is -2.72. The Hall–Kier alpha value is -3.41. The predicted octanol–water partition coefficient (Wildman–Crippen LogP) is 6.22. The first-order valence-corrected chi connectivity index (χ1v) is 13.5. The minimum absolute atomic E-state index is 0.0263. The van der Waals surface area contributed by atoms with Gasteiger partial charge in [0.05, 0.1) is 17.1 Å². The molecule has 38 heavy (non-hydrogen) atoms. The number of benzene rings is 1. The molecule has 0 radical (unpaired) electrons. The normalized spacial score (nSPS) is 12.0. The molecule has 4 aromatic rings. The van der Waals surface area contributed by atoms with Crippen LogP contribution in [0.25, 0.3) is 11.0 Å². The van der Waals surface area contributed by atoms with Crippen molar-refractivity contribution in [3.8, 4) is 0 Å². The largest absolute Gasteiger partial charge is 0.444 e. The van der Waals surface area contributed by atoms with Crippen LogP contribution in [0.1, 0.15) is 26.3 Å². The number of hydrogen-bond donors (Lipinski definition) is 1. The fourth-order valence-electron chi connectivity index (χ4n) is 3.56. The van der Waals surface area contributed by atoms with Crippen molar-refractivity contribution in [1.82, 2.24) is 18.8 Å². The van der Waals surface area contributed by atoms with Gasteiger partial charge in [-0.15, -0.1) is 0 Å². The maximum Gasteiger partial charge on any atom is 0.410 e. The zero-order chi connectivity index (χ0) is 27.8. The summed E-state index contributed by atoms with van der Waals surface area (Å²) >= 11 is 12.0. The smallest absolute Gasteiger partial charge is 0.410 e. The van der Waals surface area contributed by atoms with Crippen molar-refractivity contribution < 1.29 is 22.3 Å². The third-order valence-electron chi connectivity index (χ3n) is 5.25. The van der Waals surface area contributed by atoms with E-state index in [4.69, 9.17) is 27.9 Å². The van der Waals surface area contributed by atoms with E-state index >= 15 is 0 Å². The molecular formula is C25H24Cl2FN5O4S. The van der Waals surface area contributed by atoms with Gasteiger partial charge in [0, 0.05) is 24.2 Å². The van der Waals surface area contributed by atoms with E-state index in [-0.39, 0.29) is 33.2 Å². The first kappa shape index (κ1) is 27.6. The Bertz CT molecular complexity index is 1640. The Balaban J connectivity index is 1.81. The number of rotatable bonds is 6. The van der Waals surface area contributed by atoms with Crippen molar-refractivity contribution in [2.24, 2.45) is 0 Å². The monoisotopic (exact) mass is 579 g/mol. The van der Waals surface area contributed by atoms with Gasteiger partial charge in [0.1, 0.15) is 22.4 Å². The second kappa shape index (κ2) is 10.4. The molecule has 0 bridgehead atoms. The van der Waals surface area contributed by atoms with Gasteiger partial charge in [0.25, 0.3) is 10.0 Å². The molecule has 0 spiro atoms. The van der Waals surface area contributed by atoms with E-state index in [1.807, 2.05) is 0 Å². The van der Waals surface area contributed by atoms with Crippen LogP contribution >= 0.6 is 23.2 Å². The number of anilines is 2. The number of fused-ring (bicyclic) bond motifs is 1. The van der Waals surface area contributed by atoms with Crippen molar-refractivity contribution >= 4 is 61.9 Å². The maximum absolute atomic E-state index is 13.9. The highest BCUT2D eigenvalue weighted by Crippen LogP contribution is 2.30. The molecule has 200 valence electrons. The van der Waals surface area contributed by atoms with Crippen LogP contribution < -0.4 is 5.32 Å². The molecule has 1 N–H and O–H groups in total. The van der Waals surface area contributed by atoms with Gasteiger partial charge >= 0.3 is 6.09 Å². The highest BCUT2D eigenvalue weighted by atomic mass is 35.5. The number of amides is 1. The molecule has 0 atom stereocenters. The quantitative estimate of drug-likeness (QED) is 0.270. The molecule has 0 fully saturated rings. The molecule has 1 aromatic carbocycles. The van der Waals surface area contributed by atoms with Crippen molar-refractivity contribution in [2.45, 2.75) is 37.8 Å². The molecule has 0 aliphatic rings. The maximum atomic E-state index is 13.9. The summed E-state index contributed by atoms with van der Waals surface area (Å²) in [6.45, 7) is 5.27. The van der Waals surface area contributed by atoms with E-state index in [9.17, 15) is 17.6 Å². The molecule has 3 aromatic heterocycles. The molecular weight excluding hydrogens is 556 g/mol. The first-order valence-electron chi connectivity index (χ1n) is 11.3. The highest BCUT2D eigenvalue weighted by Gasteiger charge is 2.26. The SMILES string of the molecule is CN(Cc1cn(S(=O)(=O)c2cccc(F)c2)c2nc(Nc3ccc(Cl)nc3Cl)ccc12)C(=O)OC(C)(C)C. The summed E-state index contributed by atoms with van der Waals surface area (Å²) in [5, 5.41) is 3.77. The molecule has 0 saturated carbocycles. The molecule has 13 heteroatoms. The van der Waals surface area contributed by atoms with Gasteiger partial charge in [0.2, 0.25) is 0 Å². The lowest BCUT2D eigenvalue weighted by atomic mass is 10.2. The Labute approximate surface area is 229 Å². The van der Waals surface area contributed by atoms with E-state index in [1.165, 1.54) is 36.3 Å². The van der Waals surface area contributed by atoms with Gasteiger partial charge in [-0.05, 0) is 63.2 Å². The average Bonchev–Trinajstić information content (AvgIpc) is 3.18. The Morgan fingerprint density at radius 2 is 1.87 bits per heavy atom. The third-order valence-corrected chi connectivity index (χ3v) is 7.39. The fraction of sp³-hybridized carbons (Fsp3) is 0.240. The highest BCUT2D eigenvalue weighted by molar-refractivity contribution is 7.90. The number of pyridine rings is 2. The second-order valence-electron chi connectivity index (χ2n) is 9.41. The molecule has 0 saturated heterocycles. The molecule has 0 aliphatic heterocycles. The van der Waals surface area contributed by atoms with Gasteiger partial charge in [-0.25, -0.2) is 31.5 Å². The van der Waals surface area contributed by atoms with E-state index in [0.29, 0.717) is 16.6 Å². The van der Waals surface area contributed by atoms with Crippen LogP contribution in [0.4, 0.5) is 20.7 Å². The number of carbonyl (C=O) groups is 1. The zero-order valence-corrected chi connectivity index (χ0v) is 23.2. The number of aromatic nitrogens is 3. The summed E-state index contributed by atoms with van der Waals surface area (Å²) in [6.07, 6.45) is 0.779. The topological polar surface area (TPSA) is 106 Å². The minimum atomic E-state index is -4.26. The number of halogens is 3. The van der Waals surface area contributed by atoms with Crippen LogP contribution in [0.5, 0.6) is 0 Å². The van der Waals surface area contributed by atoms with E-state index in [0.717, 1.165) is 16.1 Å². The van der Waals surface area contributed by atoms with Crippen molar-refractivity contribution in [1.29, 1.82) is 0 Å². The summed E-state index contributed by atoms with van der Waals surface area (Å²) in [6, 6.07) is 11.1. The number of nitrogens with zero attached hydrogens (tertiary/aromatic N) is 4. The Morgan fingerprint density at radius 3 is 2.53 bits per heavy atom. The predicted molar refractivity (Wildman–Crippen MR) is 144 cm³/mol. The lowest BCUT2D eigenvalue weighted by Gasteiger charge is -2.24. The standard InChI is InChI=1S/C25H24Cl2FN5O4S/c1-25(2,3)37-24(34)32(4)13-15-14-33(38(35,36)17-7-5-6-16(28)12-17)23-18(15)8-11-21(31-23)29-19-9-10-20(26)30-22(19)27/h5-12,14H,13H2,1-4H3,(H,29,31). The second-order valence-corrected chi connectivity index (χ2v) is 12.0. The van der Waals surface area contributed by atoms with Gasteiger partial charge in [-0.3, -0.25) is 0 Å². The molecule has 4 rings (SSSR count).